The molecule has 0 aliphatic heterocycles. The molecule has 0 saturated heterocycles. The Labute approximate surface area is 154 Å². The van der Waals surface area contributed by atoms with Gasteiger partial charge in [0.2, 0.25) is 5.76 Å². The number of aliphatic hydroxyl groups is 1. The van der Waals surface area contributed by atoms with Gasteiger partial charge in [0.25, 0.3) is 0 Å². The minimum absolute atomic E-state index is 0.0752. The lowest BCUT2D eigenvalue weighted by molar-refractivity contribution is -0.787. The number of nitrogens with zero attached hydrogens (tertiary/aromatic N) is 2. The van der Waals surface area contributed by atoms with E-state index in [0.29, 0.717) is 0 Å². The summed E-state index contributed by atoms with van der Waals surface area (Å²) < 4.78 is 0. The van der Waals surface area contributed by atoms with E-state index in [4.69, 9.17) is 5.11 Å². The standard InChI is InChI=1S/C13H10O.C6H6N2O5/c14-13(11-7-3-1-4-8-11)12-9-5-2-6-10-12;9-5-3-1-2-4-6(5,7(10)11)8(12)13/h1-10H;1-3,9H,4H2. The van der Waals surface area contributed by atoms with E-state index in [1.54, 1.807) is 0 Å². The van der Waals surface area contributed by atoms with Crippen molar-refractivity contribution in [3.63, 3.8) is 0 Å². The number of benzene rings is 2. The molecular formula is C19H16N2O6. The fraction of sp³-hybridized carbons (Fsp3) is 0.105. The van der Waals surface area contributed by atoms with Crippen molar-refractivity contribution < 1.29 is 19.7 Å². The fourth-order valence-electron chi connectivity index (χ4n) is 2.38. The van der Waals surface area contributed by atoms with E-state index in [-0.39, 0.29) is 5.78 Å². The second-order valence-electron chi connectivity index (χ2n) is 5.58. The molecule has 1 N–H and O–H groups in total. The third-order valence-electron chi connectivity index (χ3n) is 3.88. The molecule has 1 aliphatic rings. The number of rotatable bonds is 4. The van der Waals surface area contributed by atoms with Gasteiger partial charge in [-0.25, -0.2) is 0 Å². The predicted molar refractivity (Wildman–Crippen MR) is 97.5 cm³/mol. The maximum Gasteiger partial charge on any atom is 0.517 e. The summed E-state index contributed by atoms with van der Waals surface area (Å²) in [7, 11) is 0. The minimum Gasteiger partial charge on any atom is -0.500 e. The van der Waals surface area contributed by atoms with Crippen LogP contribution in [-0.4, -0.2) is 26.4 Å². The SMILES string of the molecule is O=C(c1ccccc1)c1ccccc1.O=[N+]([O-])C1([N+](=O)[O-])CC=CC=C1O. The molecular weight excluding hydrogens is 352 g/mol. The fourth-order valence-corrected chi connectivity index (χ4v) is 2.38. The molecule has 0 amide bonds. The summed E-state index contributed by atoms with van der Waals surface area (Å²) in [6, 6.07) is 18.6. The predicted octanol–water partition coefficient (Wildman–Crippen LogP) is 3.56. The summed E-state index contributed by atoms with van der Waals surface area (Å²) in [4.78, 5) is 30.6. The Morgan fingerprint density at radius 3 is 1.67 bits per heavy atom. The minimum atomic E-state index is -2.59. The number of carbonyl (C=O) groups is 1. The maximum atomic E-state index is 11.8. The molecule has 0 atom stereocenters. The van der Waals surface area contributed by atoms with Crippen molar-refractivity contribution in [3.05, 3.63) is 116 Å². The second kappa shape index (κ2) is 8.52. The van der Waals surface area contributed by atoms with Crippen LogP contribution in [0.5, 0.6) is 0 Å². The molecule has 0 bridgehead atoms. The first kappa shape index (κ1) is 19.5. The number of allylic oxidation sites excluding steroid dienone is 2. The largest absolute Gasteiger partial charge is 0.517 e. The van der Waals surface area contributed by atoms with Crippen LogP contribution in [0.1, 0.15) is 22.3 Å². The molecule has 0 unspecified atom stereocenters. The number of aliphatic hydroxyl groups excluding tert-OH is 1. The van der Waals surface area contributed by atoms with Crippen LogP contribution >= 0.6 is 0 Å². The van der Waals surface area contributed by atoms with Gasteiger partial charge in [0.1, 0.15) is 16.3 Å². The van der Waals surface area contributed by atoms with Gasteiger partial charge >= 0.3 is 5.66 Å². The van der Waals surface area contributed by atoms with Crippen LogP contribution in [-0.2, 0) is 0 Å². The van der Waals surface area contributed by atoms with Crippen LogP contribution in [0.4, 0.5) is 0 Å². The number of carbonyl (C=O) groups excluding carboxylic acids is 1. The molecule has 2 aromatic rings. The van der Waals surface area contributed by atoms with Gasteiger partial charge in [0, 0.05) is 11.1 Å². The maximum absolute atomic E-state index is 11.8. The molecule has 27 heavy (non-hydrogen) atoms. The Bertz CT molecular complexity index is 835. The Morgan fingerprint density at radius 1 is 0.889 bits per heavy atom. The number of hydrogen-bond donors (Lipinski definition) is 1. The Kier molecular flexibility index (Phi) is 6.16. The lowest BCUT2D eigenvalue weighted by atomic mass is 10.0. The van der Waals surface area contributed by atoms with E-state index < -0.39 is 27.7 Å². The highest BCUT2D eigenvalue weighted by atomic mass is 16.7. The lowest BCUT2D eigenvalue weighted by Crippen LogP contribution is -2.48. The molecule has 8 heteroatoms. The monoisotopic (exact) mass is 368 g/mol. The van der Waals surface area contributed by atoms with E-state index in [2.05, 4.69) is 0 Å². The topological polar surface area (TPSA) is 124 Å². The first-order valence-electron chi connectivity index (χ1n) is 7.89. The van der Waals surface area contributed by atoms with Crippen molar-refractivity contribution >= 4 is 5.78 Å². The zero-order valence-corrected chi connectivity index (χ0v) is 14.1. The van der Waals surface area contributed by atoms with E-state index in [1.807, 2.05) is 60.7 Å². The molecule has 0 radical (unpaired) electrons. The van der Waals surface area contributed by atoms with Crippen molar-refractivity contribution in [2.75, 3.05) is 0 Å². The molecule has 2 aromatic carbocycles. The molecule has 0 heterocycles. The summed E-state index contributed by atoms with van der Waals surface area (Å²) in [5.74, 6) is -0.767. The highest BCUT2D eigenvalue weighted by Crippen LogP contribution is 2.27. The van der Waals surface area contributed by atoms with Gasteiger partial charge in [-0.3, -0.25) is 25.0 Å². The van der Waals surface area contributed by atoms with Gasteiger partial charge in [-0.15, -0.1) is 0 Å². The first-order valence-corrected chi connectivity index (χ1v) is 7.89. The smallest absolute Gasteiger partial charge is 0.500 e. The summed E-state index contributed by atoms with van der Waals surface area (Å²) >= 11 is 0. The lowest BCUT2D eigenvalue weighted by Gasteiger charge is -2.16. The molecule has 1 aliphatic carbocycles. The van der Waals surface area contributed by atoms with E-state index in [1.165, 1.54) is 12.2 Å². The average molecular weight is 368 g/mol. The molecule has 0 spiro atoms. The van der Waals surface area contributed by atoms with Crippen LogP contribution in [0.2, 0.25) is 0 Å². The van der Waals surface area contributed by atoms with Crippen LogP contribution in [0.3, 0.4) is 0 Å². The molecule has 0 saturated carbocycles. The summed E-state index contributed by atoms with van der Waals surface area (Å²) in [6.45, 7) is 0. The Hall–Kier alpha value is -3.81. The van der Waals surface area contributed by atoms with Gasteiger partial charge in [-0.05, 0) is 6.08 Å². The summed E-state index contributed by atoms with van der Waals surface area (Å²) in [5.41, 5.74) is -1.12. The third-order valence-corrected chi connectivity index (χ3v) is 3.88. The third kappa shape index (κ3) is 4.24. The zero-order chi connectivity index (χ0) is 19.9. The molecule has 0 aromatic heterocycles. The molecule has 138 valence electrons. The normalized spacial score (nSPS) is 14.3. The highest BCUT2D eigenvalue weighted by Gasteiger charge is 2.60. The van der Waals surface area contributed by atoms with Crippen LogP contribution in [0, 0.1) is 20.2 Å². The second-order valence-corrected chi connectivity index (χ2v) is 5.58. The quantitative estimate of drug-likeness (QED) is 0.381. The number of nitro groups is 2. The van der Waals surface area contributed by atoms with E-state index in [9.17, 15) is 25.0 Å². The summed E-state index contributed by atoms with van der Waals surface area (Å²) in [5, 5.41) is 30.0. The van der Waals surface area contributed by atoms with Crippen LogP contribution in [0.15, 0.2) is 84.7 Å². The van der Waals surface area contributed by atoms with Crippen molar-refractivity contribution in [2.24, 2.45) is 0 Å². The van der Waals surface area contributed by atoms with Crippen LogP contribution in [0.25, 0.3) is 0 Å². The average Bonchev–Trinajstić information content (AvgIpc) is 2.69. The first-order chi connectivity index (χ1) is 12.9. The Balaban J connectivity index is 0.000000194. The number of hydrogen-bond acceptors (Lipinski definition) is 6. The van der Waals surface area contributed by atoms with Gasteiger partial charge in [0.05, 0.1) is 0 Å². The van der Waals surface area contributed by atoms with Crippen molar-refractivity contribution in [3.8, 4) is 0 Å². The van der Waals surface area contributed by atoms with Crippen molar-refractivity contribution in [1.29, 1.82) is 0 Å². The molecule has 8 nitrogen and oxygen atoms in total. The van der Waals surface area contributed by atoms with Crippen LogP contribution < -0.4 is 0 Å². The van der Waals surface area contributed by atoms with Gasteiger partial charge < -0.3 is 5.11 Å². The van der Waals surface area contributed by atoms with Crippen molar-refractivity contribution in [1.82, 2.24) is 0 Å². The number of ketones is 1. The van der Waals surface area contributed by atoms with E-state index >= 15 is 0 Å². The van der Waals surface area contributed by atoms with E-state index in [0.717, 1.165) is 17.2 Å². The van der Waals surface area contributed by atoms with Gasteiger partial charge in [-0.2, -0.15) is 0 Å². The van der Waals surface area contributed by atoms with Crippen molar-refractivity contribution in [2.45, 2.75) is 12.1 Å². The Morgan fingerprint density at radius 2 is 1.33 bits per heavy atom. The van der Waals surface area contributed by atoms with Gasteiger partial charge in [-0.1, -0.05) is 72.8 Å². The van der Waals surface area contributed by atoms with Gasteiger partial charge in [0.15, 0.2) is 5.78 Å². The zero-order valence-electron chi connectivity index (χ0n) is 14.1. The highest BCUT2D eigenvalue weighted by molar-refractivity contribution is 6.08. The molecule has 0 fully saturated rings. The molecule has 3 rings (SSSR count). The summed E-state index contributed by atoms with van der Waals surface area (Å²) in [6.07, 6.45) is 3.12.